The van der Waals surface area contributed by atoms with Crippen LogP contribution in [0.5, 0.6) is 0 Å². The van der Waals surface area contributed by atoms with Crippen molar-refractivity contribution in [2.45, 2.75) is 52.0 Å². The van der Waals surface area contributed by atoms with Crippen LogP contribution in [0, 0.1) is 5.92 Å². The molecule has 1 fully saturated rings. The van der Waals surface area contributed by atoms with Crippen molar-refractivity contribution in [2.24, 2.45) is 5.92 Å². The third kappa shape index (κ3) is 2.74. The molecule has 1 aliphatic rings. The molecular weight excluding hydrogens is 224 g/mol. The average molecular weight is 248 g/mol. The second-order valence-corrected chi connectivity index (χ2v) is 5.67. The Hall–Kier alpha value is -1.32. The van der Waals surface area contributed by atoms with Crippen molar-refractivity contribution in [3.05, 3.63) is 11.9 Å². The molecule has 4 heteroatoms. The molecule has 1 aromatic rings. The highest BCUT2D eigenvalue weighted by Crippen LogP contribution is 2.41. The van der Waals surface area contributed by atoms with Gasteiger partial charge in [0.1, 0.15) is 18.0 Å². The molecule has 0 saturated heterocycles. The minimum absolute atomic E-state index is 0.127. The third-order valence-corrected chi connectivity index (χ3v) is 3.72. The van der Waals surface area contributed by atoms with Crippen molar-refractivity contribution in [2.75, 3.05) is 17.7 Å². The summed E-state index contributed by atoms with van der Waals surface area (Å²) in [5.41, 5.74) is 1.33. The second kappa shape index (κ2) is 5.12. The van der Waals surface area contributed by atoms with Gasteiger partial charge in [-0.3, -0.25) is 0 Å². The van der Waals surface area contributed by atoms with Gasteiger partial charge in [0.25, 0.3) is 0 Å². The van der Waals surface area contributed by atoms with Gasteiger partial charge in [0.15, 0.2) is 0 Å². The summed E-state index contributed by atoms with van der Waals surface area (Å²) in [5.74, 6) is 2.72. The van der Waals surface area contributed by atoms with E-state index in [9.17, 15) is 0 Å². The topological polar surface area (TPSA) is 49.8 Å². The van der Waals surface area contributed by atoms with E-state index in [4.69, 9.17) is 0 Å². The zero-order valence-corrected chi connectivity index (χ0v) is 11.9. The molecule has 0 unspecified atom stereocenters. The Kier molecular flexibility index (Phi) is 3.73. The highest BCUT2D eigenvalue weighted by atomic mass is 15.1. The molecule has 0 amide bonds. The number of nitrogens with one attached hydrogen (secondary N) is 2. The first-order valence-electron chi connectivity index (χ1n) is 6.88. The fraction of sp³-hybridized carbons (Fsp3) is 0.714. The van der Waals surface area contributed by atoms with Crippen molar-refractivity contribution >= 4 is 11.6 Å². The molecule has 0 bridgehead atoms. The smallest absolute Gasteiger partial charge is 0.135 e. The standard InChI is InChI=1S/C14H24N4/c1-5-6-11-12(15-4)16-9-17-13(11)18-14(2,3)10-7-8-10/h9-10H,5-8H2,1-4H3,(H2,15,16,17,18). The van der Waals surface area contributed by atoms with Crippen molar-refractivity contribution in [3.63, 3.8) is 0 Å². The first-order chi connectivity index (χ1) is 8.58. The van der Waals surface area contributed by atoms with Crippen molar-refractivity contribution in [1.29, 1.82) is 0 Å². The second-order valence-electron chi connectivity index (χ2n) is 5.67. The summed E-state index contributed by atoms with van der Waals surface area (Å²) in [6, 6.07) is 0. The van der Waals surface area contributed by atoms with Gasteiger partial charge in [0.05, 0.1) is 0 Å². The van der Waals surface area contributed by atoms with E-state index in [1.54, 1.807) is 6.33 Å². The normalized spacial score (nSPS) is 15.6. The fourth-order valence-corrected chi connectivity index (χ4v) is 2.43. The van der Waals surface area contributed by atoms with Crippen LogP contribution in [0.4, 0.5) is 11.6 Å². The minimum atomic E-state index is 0.127. The predicted octanol–water partition coefficient (Wildman–Crippen LogP) is 3.07. The molecule has 18 heavy (non-hydrogen) atoms. The molecule has 2 rings (SSSR count). The Bertz CT molecular complexity index is 410. The number of hydrogen-bond acceptors (Lipinski definition) is 4. The van der Waals surface area contributed by atoms with Crippen LogP contribution in [0.1, 0.15) is 45.6 Å². The summed E-state index contributed by atoms with van der Waals surface area (Å²) in [7, 11) is 1.91. The van der Waals surface area contributed by atoms with Gasteiger partial charge in [0, 0.05) is 18.2 Å². The van der Waals surface area contributed by atoms with E-state index in [0.717, 1.165) is 30.4 Å². The molecule has 4 nitrogen and oxygen atoms in total. The van der Waals surface area contributed by atoms with Crippen LogP contribution in [0.2, 0.25) is 0 Å². The monoisotopic (exact) mass is 248 g/mol. The fourth-order valence-electron chi connectivity index (χ4n) is 2.43. The molecule has 1 heterocycles. The Labute approximate surface area is 110 Å². The number of rotatable bonds is 6. The lowest BCUT2D eigenvalue weighted by Crippen LogP contribution is -2.34. The van der Waals surface area contributed by atoms with Crippen LogP contribution >= 0.6 is 0 Å². The van der Waals surface area contributed by atoms with Gasteiger partial charge in [-0.2, -0.15) is 0 Å². The highest BCUT2D eigenvalue weighted by Gasteiger charge is 2.38. The number of anilines is 2. The molecule has 1 aromatic heterocycles. The van der Waals surface area contributed by atoms with Crippen LogP contribution < -0.4 is 10.6 Å². The van der Waals surface area contributed by atoms with E-state index in [0.29, 0.717) is 0 Å². The van der Waals surface area contributed by atoms with Gasteiger partial charge in [-0.1, -0.05) is 13.3 Å². The summed E-state index contributed by atoms with van der Waals surface area (Å²) in [6.07, 6.45) is 6.39. The Morgan fingerprint density at radius 1 is 1.28 bits per heavy atom. The summed E-state index contributed by atoms with van der Waals surface area (Å²) in [4.78, 5) is 8.74. The quantitative estimate of drug-likeness (QED) is 0.812. The van der Waals surface area contributed by atoms with Gasteiger partial charge in [0.2, 0.25) is 0 Å². The highest BCUT2D eigenvalue weighted by molar-refractivity contribution is 5.58. The van der Waals surface area contributed by atoms with E-state index in [1.165, 1.54) is 18.4 Å². The minimum Gasteiger partial charge on any atom is -0.373 e. The molecule has 0 spiro atoms. The largest absolute Gasteiger partial charge is 0.373 e. The van der Waals surface area contributed by atoms with Crippen molar-refractivity contribution in [3.8, 4) is 0 Å². The van der Waals surface area contributed by atoms with E-state index < -0.39 is 0 Å². The van der Waals surface area contributed by atoms with Crippen LogP contribution in [0.3, 0.4) is 0 Å². The van der Waals surface area contributed by atoms with Gasteiger partial charge in [-0.25, -0.2) is 9.97 Å². The summed E-state index contributed by atoms with van der Waals surface area (Å²) in [6.45, 7) is 6.71. The van der Waals surface area contributed by atoms with Gasteiger partial charge in [-0.15, -0.1) is 0 Å². The van der Waals surface area contributed by atoms with Gasteiger partial charge >= 0.3 is 0 Å². The molecule has 100 valence electrons. The van der Waals surface area contributed by atoms with E-state index in [-0.39, 0.29) is 5.54 Å². The van der Waals surface area contributed by atoms with Gasteiger partial charge in [-0.05, 0) is 39.0 Å². The maximum atomic E-state index is 4.44. The zero-order valence-electron chi connectivity index (χ0n) is 11.9. The first-order valence-corrected chi connectivity index (χ1v) is 6.88. The van der Waals surface area contributed by atoms with Gasteiger partial charge < -0.3 is 10.6 Å². The number of aromatic nitrogens is 2. The van der Waals surface area contributed by atoms with Crippen LogP contribution in [0.15, 0.2) is 6.33 Å². The third-order valence-electron chi connectivity index (χ3n) is 3.72. The zero-order chi connectivity index (χ0) is 13.2. The Balaban J connectivity index is 2.25. The molecule has 0 aliphatic heterocycles. The predicted molar refractivity (Wildman–Crippen MR) is 76.0 cm³/mol. The molecule has 1 aliphatic carbocycles. The maximum absolute atomic E-state index is 4.44. The maximum Gasteiger partial charge on any atom is 0.135 e. The number of hydrogen-bond donors (Lipinski definition) is 2. The number of nitrogens with zero attached hydrogens (tertiary/aromatic N) is 2. The summed E-state index contributed by atoms with van der Waals surface area (Å²) in [5, 5.41) is 6.78. The molecule has 0 radical (unpaired) electrons. The van der Waals surface area contributed by atoms with Crippen molar-refractivity contribution < 1.29 is 0 Å². The van der Waals surface area contributed by atoms with E-state index >= 15 is 0 Å². The first kappa shape index (κ1) is 13.1. The Morgan fingerprint density at radius 2 is 1.94 bits per heavy atom. The molecule has 0 aromatic carbocycles. The summed E-state index contributed by atoms with van der Waals surface area (Å²) < 4.78 is 0. The average Bonchev–Trinajstić information content (AvgIpc) is 3.15. The molecular formula is C14H24N4. The van der Waals surface area contributed by atoms with Crippen molar-refractivity contribution in [1.82, 2.24) is 9.97 Å². The van der Waals surface area contributed by atoms with E-state index in [2.05, 4.69) is 41.4 Å². The lowest BCUT2D eigenvalue weighted by Gasteiger charge is -2.28. The summed E-state index contributed by atoms with van der Waals surface area (Å²) >= 11 is 0. The van der Waals surface area contributed by atoms with Crippen LogP contribution in [-0.4, -0.2) is 22.6 Å². The molecule has 2 N–H and O–H groups in total. The molecule has 0 atom stereocenters. The lowest BCUT2D eigenvalue weighted by molar-refractivity contribution is 0.491. The lowest BCUT2D eigenvalue weighted by atomic mass is 9.98. The Morgan fingerprint density at radius 3 is 2.50 bits per heavy atom. The molecule has 1 saturated carbocycles. The van der Waals surface area contributed by atoms with Crippen LogP contribution in [0.25, 0.3) is 0 Å². The van der Waals surface area contributed by atoms with E-state index in [1.807, 2.05) is 7.05 Å². The van der Waals surface area contributed by atoms with Crippen LogP contribution in [-0.2, 0) is 6.42 Å². The SMILES string of the molecule is CCCc1c(NC)ncnc1NC(C)(C)C1CC1.